The van der Waals surface area contributed by atoms with Gasteiger partial charge in [-0.1, -0.05) is 89.3 Å². The van der Waals surface area contributed by atoms with Crippen molar-refractivity contribution in [2.24, 2.45) is 5.73 Å². The number of nitrogens with two attached hydrogens (primary N) is 1. The van der Waals surface area contributed by atoms with Gasteiger partial charge in [0.25, 0.3) is 5.91 Å². The predicted octanol–water partition coefficient (Wildman–Crippen LogP) is 6.86. The van der Waals surface area contributed by atoms with Crippen molar-refractivity contribution in [3.63, 3.8) is 0 Å². The average molecular weight is 613 g/mol. The van der Waals surface area contributed by atoms with Crippen LogP contribution < -0.4 is 16.4 Å². The Bertz CT molecular complexity index is 1070. The molecule has 0 aliphatic rings. The number of carbonyl (C=O) groups excluding carboxylic acids is 3. The second-order valence-corrected chi connectivity index (χ2v) is 13.2. The minimum atomic E-state index is -0.746. The van der Waals surface area contributed by atoms with E-state index in [0.717, 1.165) is 38.5 Å². The van der Waals surface area contributed by atoms with Crippen molar-refractivity contribution >= 4 is 39.3 Å². The van der Waals surface area contributed by atoms with Gasteiger partial charge in [-0.3, -0.25) is 19.4 Å². The normalized spacial score (nSPS) is 13.1. The highest BCUT2D eigenvalue weighted by atomic mass is 33.1. The van der Waals surface area contributed by atoms with Crippen LogP contribution in [0.5, 0.6) is 0 Å². The Morgan fingerprint density at radius 3 is 2.10 bits per heavy atom. The topological polar surface area (TPSA) is 114 Å². The number of unbranched alkanes of at least 4 members (excludes halogenated alkanes) is 1. The molecule has 1 aromatic heterocycles. The summed E-state index contributed by atoms with van der Waals surface area (Å²) in [7, 11) is 2.98. The molecule has 0 radical (unpaired) electrons. The van der Waals surface area contributed by atoms with Crippen LogP contribution in [0.4, 0.5) is 0 Å². The number of nitrogens with one attached hydrogen (secondary N) is 2. The van der Waals surface area contributed by atoms with Crippen molar-refractivity contribution in [3.8, 4) is 0 Å². The SMILES string of the molecule is CC/C=C\C/C=C\C/C=C\C/C=C\C/C=C\CCCC(=O)N[C@@H](CSSC(C)(C)CNC(=O)c1cccnc1)C(N)=O. The van der Waals surface area contributed by atoms with E-state index in [1.54, 1.807) is 18.3 Å². The van der Waals surface area contributed by atoms with Crippen molar-refractivity contribution in [1.82, 2.24) is 15.6 Å². The Hall–Kier alpha value is -3.04. The van der Waals surface area contributed by atoms with Crippen molar-refractivity contribution in [1.29, 1.82) is 0 Å². The van der Waals surface area contributed by atoms with Crippen LogP contribution in [0, 0.1) is 0 Å². The van der Waals surface area contributed by atoms with Crippen molar-refractivity contribution in [2.45, 2.75) is 82.9 Å². The van der Waals surface area contributed by atoms with Gasteiger partial charge >= 0.3 is 0 Å². The summed E-state index contributed by atoms with van der Waals surface area (Å²) in [5.74, 6) is -0.578. The number of allylic oxidation sites excluding steroid dienone is 10. The second-order valence-electron chi connectivity index (χ2n) is 10.2. The molecule has 3 amide bonds. The van der Waals surface area contributed by atoms with E-state index in [9.17, 15) is 14.4 Å². The van der Waals surface area contributed by atoms with Crippen molar-refractivity contribution in [2.75, 3.05) is 12.3 Å². The molecule has 0 spiro atoms. The van der Waals surface area contributed by atoms with Crippen LogP contribution in [-0.4, -0.2) is 45.8 Å². The summed E-state index contributed by atoms with van der Waals surface area (Å²) in [5.41, 5.74) is 6.03. The number of hydrogen-bond donors (Lipinski definition) is 3. The first-order valence-corrected chi connectivity index (χ1v) is 16.9. The zero-order chi connectivity index (χ0) is 30.9. The maximum absolute atomic E-state index is 12.4. The molecular weight excluding hydrogens is 565 g/mol. The molecule has 0 saturated carbocycles. The van der Waals surface area contributed by atoms with Gasteiger partial charge in [-0.15, -0.1) is 0 Å². The molecule has 0 saturated heterocycles. The first-order chi connectivity index (χ1) is 20.2. The molecule has 1 atom stereocenters. The third-order valence-corrected chi connectivity index (χ3v) is 9.03. The highest BCUT2D eigenvalue weighted by Gasteiger charge is 2.23. The van der Waals surface area contributed by atoms with Gasteiger partial charge in [0.05, 0.1) is 5.56 Å². The molecule has 230 valence electrons. The van der Waals surface area contributed by atoms with Crippen LogP contribution in [0.2, 0.25) is 0 Å². The largest absolute Gasteiger partial charge is 0.368 e. The molecule has 42 heavy (non-hydrogen) atoms. The molecule has 4 N–H and O–H groups in total. The summed E-state index contributed by atoms with van der Waals surface area (Å²) in [5, 5.41) is 5.66. The van der Waals surface area contributed by atoms with E-state index in [1.807, 2.05) is 13.8 Å². The highest BCUT2D eigenvalue weighted by molar-refractivity contribution is 8.77. The van der Waals surface area contributed by atoms with Gasteiger partial charge < -0.3 is 16.4 Å². The lowest BCUT2D eigenvalue weighted by atomic mass is 10.2. The van der Waals surface area contributed by atoms with Gasteiger partial charge in [0.15, 0.2) is 0 Å². The Morgan fingerprint density at radius 2 is 1.55 bits per heavy atom. The van der Waals surface area contributed by atoms with E-state index < -0.39 is 11.9 Å². The van der Waals surface area contributed by atoms with E-state index >= 15 is 0 Å². The van der Waals surface area contributed by atoms with Crippen molar-refractivity contribution < 1.29 is 14.4 Å². The fraction of sp³-hybridized carbons (Fsp3) is 0.455. The minimum Gasteiger partial charge on any atom is -0.368 e. The zero-order valence-corrected chi connectivity index (χ0v) is 26.9. The highest BCUT2D eigenvalue weighted by Crippen LogP contribution is 2.35. The van der Waals surface area contributed by atoms with E-state index in [2.05, 4.69) is 83.3 Å². The van der Waals surface area contributed by atoms with E-state index in [0.29, 0.717) is 30.7 Å². The molecule has 1 aromatic rings. The Labute approximate surface area is 260 Å². The smallest absolute Gasteiger partial charge is 0.252 e. The Morgan fingerprint density at radius 1 is 0.952 bits per heavy atom. The number of aromatic nitrogens is 1. The molecule has 0 aromatic carbocycles. The maximum atomic E-state index is 12.4. The van der Waals surface area contributed by atoms with Gasteiger partial charge in [-0.05, 0) is 70.9 Å². The predicted molar refractivity (Wildman–Crippen MR) is 180 cm³/mol. The van der Waals surface area contributed by atoms with Gasteiger partial charge in [0, 0.05) is 35.9 Å². The molecule has 0 unspecified atom stereocenters. The Kier molecular flexibility index (Phi) is 20.7. The maximum Gasteiger partial charge on any atom is 0.252 e. The standard InChI is InChI=1S/C33H48N4O3S2/c1-4-5-6-7-8-9-10-11-12-13-14-15-16-17-18-19-20-23-30(38)37-29(31(34)39)26-41-42-33(2,3)27-36-32(40)28-22-21-24-35-25-28/h5-6,8-9,11-12,14-15,17-18,21-22,24-25,29H,4,7,10,13,16,19-20,23,26-27H2,1-3H3,(H2,34,39)(H,36,40)(H,37,38)/b6-5-,9-8-,12-11-,15-14-,18-17-/t29-/m0/s1. The van der Waals surface area contributed by atoms with Gasteiger partial charge in [0.2, 0.25) is 11.8 Å². The second kappa shape index (κ2) is 23.5. The molecule has 1 heterocycles. The van der Waals surface area contributed by atoms with Crippen LogP contribution in [0.1, 0.15) is 82.5 Å². The molecule has 7 nitrogen and oxygen atoms in total. The quantitative estimate of drug-likeness (QED) is 0.0749. The number of pyridine rings is 1. The minimum absolute atomic E-state index is 0.181. The third-order valence-electron chi connectivity index (χ3n) is 5.73. The first kappa shape index (κ1) is 37.0. The summed E-state index contributed by atoms with van der Waals surface area (Å²) < 4.78 is -0.296. The van der Waals surface area contributed by atoms with Crippen LogP contribution in [0.25, 0.3) is 0 Å². The summed E-state index contributed by atoms with van der Waals surface area (Å²) in [4.78, 5) is 40.5. The number of carbonyl (C=O) groups is 3. The summed E-state index contributed by atoms with van der Waals surface area (Å²) in [6.45, 7) is 6.57. The number of amides is 3. The third kappa shape index (κ3) is 19.9. The number of hydrogen-bond acceptors (Lipinski definition) is 6. The lowest BCUT2D eigenvalue weighted by Crippen LogP contribution is -2.46. The molecule has 0 aliphatic heterocycles. The van der Waals surface area contributed by atoms with Crippen LogP contribution >= 0.6 is 21.6 Å². The van der Waals surface area contributed by atoms with Crippen LogP contribution in [0.15, 0.2) is 85.3 Å². The van der Waals surface area contributed by atoms with Gasteiger partial charge in [0.1, 0.15) is 6.04 Å². The number of nitrogens with zero attached hydrogens (tertiary/aromatic N) is 1. The van der Waals surface area contributed by atoms with Crippen LogP contribution in [0.3, 0.4) is 0 Å². The molecule has 9 heteroatoms. The fourth-order valence-corrected chi connectivity index (χ4v) is 6.04. The number of rotatable bonds is 22. The van der Waals surface area contributed by atoms with E-state index in [1.165, 1.54) is 27.8 Å². The molecule has 1 rings (SSSR count). The van der Waals surface area contributed by atoms with Crippen molar-refractivity contribution in [3.05, 3.63) is 90.9 Å². The zero-order valence-electron chi connectivity index (χ0n) is 25.3. The fourth-order valence-electron chi connectivity index (χ4n) is 3.39. The van der Waals surface area contributed by atoms with E-state index in [-0.39, 0.29) is 16.6 Å². The Balaban J connectivity index is 2.19. The van der Waals surface area contributed by atoms with Crippen LogP contribution in [-0.2, 0) is 9.59 Å². The summed E-state index contributed by atoms with van der Waals surface area (Å²) in [6.07, 6.45) is 31.4. The summed E-state index contributed by atoms with van der Waals surface area (Å²) in [6, 6.07) is 2.68. The van der Waals surface area contributed by atoms with Gasteiger partial charge in [-0.25, -0.2) is 0 Å². The van der Waals surface area contributed by atoms with E-state index in [4.69, 9.17) is 5.73 Å². The molecule has 0 fully saturated rings. The lowest BCUT2D eigenvalue weighted by Gasteiger charge is -2.24. The number of primary amides is 1. The average Bonchev–Trinajstić information content (AvgIpc) is 2.97. The lowest BCUT2D eigenvalue weighted by molar-refractivity contribution is -0.126. The van der Waals surface area contributed by atoms with Gasteiger partial charge in [-0.2, -0.15) is 0 Å². The monoisotopic (exact) mass is 612 g/mol. The summed E-state index contributed by atoms with van der Waals surface area (Å²) >= 11 is 0. The molecule has 0 bridgehead atoms. The first-order valence-electron chi connectivity index (χ1n) is 14.6. The molecular formula is C33H48N4O3S2. The molecule has 0 aliphatic carbocycles.